The minimum Gasteiger partial charge on any atom is -0.550 e. The smallest absolute Gasteiger partial charge is 0.268 e. The molecule has 0 unspecified atom stereocenters. The molecule has 0 bridgehead atoms. The number of hydrogen-bond acceptors (Lipinski definition) is 7. The van der Waals surface area contributed by atoms with E-state index in [-0.39, 0.29) is 43.3 Å². The summed E-state index contributed by atoms with van der Waals surface area (Å²) < 4.78 is 15.9. The van der Waals surface area contributed by atoms with Crippen LogP contribution in [0.5, 0.6) is 0 Å². The van der Waals surface area contributed by atoms with Gasteiger partial charge in [-0.2, -0.15) is 0 Å². The molecular weight excluding hydrogens is 541 g/mol. The van der Waals surface area contributed by atoms with E-state index >= 15 is 0 Å². The van der Waals surface area contributed by atoms with E-state index in [2.05, 4.69) is 5.32 Å². The number of aliphatic carboxylic acids is 1. The third kappa shape index (κ3) is 8.37. The maximum absolute atomic E-state index is 14.0. The van der Waals surface area contributed by atoms with Gasteiger partial charge in [-0.15, -0.1) is 0 Å². The molecule has 0 radical (unpaired) electrons. The fourth-order valence-electron chi connectivity index (χ4n) is 5.08. The number of aliphatic hydroxyl groups is 2. The number of carbonyl (C=O) groups excluding carboxylic acids is 3. The van der Waals surface area contributed by atoms with Gasteiger partial charge >= 0.3 is 0 Å². The molecule has 0 aliphatic carbocycles. The van der Waals surface area contributed by atoms with Gasteiger partial charge < -0.3 is 35.7 Å². The number of benzene rings is 2. The fourth-order valence-corrected chi connectivity index (χ4v) is 5.08. The summed E-state index contributed by atoms with van der Waals surface area (Å²) in [5, 5.41) is 34.4. The van der Waals surface area contributed by atoms with Crippen LogP contribution in [0.25, 0.3) is 22.3 Å². The second-order valence-corrected chi connectivity index (χ2v) is 10.6. The van der Waals surface area contributed by atoms with E-state index in [1.54, 1.807) is 12.1 Å². The highest BCUT2D eigenvalue weighted by molar-refractivity contribution is 6.05. The zero-order valence-electron chi connectivity index (χ0n) is 24.0. The molecule has 1 aromatic heterocycles. The Balaban J connectivity index is 2.20. The quantitative estimate of drug-likeness (QED) is 0.214. The molecule has 42 heavy (non-hydrogen) atoms. The number of ketones is 1. The molecule has 10 heteroatoms. The van der Waals surface area contributed by atoms with Gasteiger partial charge in [0.2, 0.25) is 0 Å². The normalized spacial score (nSPS) is 13.2. The van der Waals surface area contributed by atoms with Gasteiger partial charge in [-0.1, -0.05) is 42.5 Å². The van der Waals surface area contributed by atoms with Crippen molar-refractivity contribution >= 4 is 17.7 Å². The Labute approximate surface area is 244 Å². The lowest BCUT2D eigenvalue weighted by molar-refractivity contribution is -0.307. The fraction of sp³-hybridized carbons (Fsp3) is 0.344. The first-order valence-electron chi connectivity index (χ1n) is 13.8. The van der Waals surface area contributed by atoms with Crippen LogP contribution in [0.1, 0.15) is 62.3 Å². The number of nitrogens with one attached hydrogen (secondary N) is 1. The Morgan fingerprint density at radius 3 is 2.19 bits per heavy atom. The molecule has 0 aliphatic heterocycles. The standard InChI is InChI=1S/C32H38FN3O6/c1-19(2)36-27(14-13-25(38)16-26(39)17-28(40)41)29(22-9-11-23(33)12-10-22)30(21-7-5-4-6-8-21)31(36)32(42)35-18-24(34)15-20(3)37/h4-12,15,19,25-26,38-39H,13-14,16-18,34H2,1-3H3,(H,35,42)(H,40,41)/p-1/b24-15-/t25-,26-/m1/s1. The third-order valence-corrected chi connectivity index (χ3v) is 6.74. The van der Waals surface area contributed by atoms with Crippen molar-refractivity contribution in [3.05, 3.63) is 83.6 Å². The minimum atomic E-state index is -1.41. The first-order chi connectivity index (χ1) is 19.9. The van der Waals surface area contributed by atoms with Crippen LogP contribution in [0.15, 0.2) is 66.4 Å². The second kappa shape index (κ2) is 14.6. The van der Waals surface area contributed by atoms with E-state index in [1.165, 1.54) is 25.1 Å². The average Bonchev–Trinajstić information content (AvgIpc) is 3.26. The minimum absolute atomic E-state index is 0.0633. The lowest BCUT2D eigenvalue weighted by Crippen LogP contribution is -2.31. The molecule has 0 aliphatic rings. The Kier molecular flexibility index (Phi) is 11.2. The highest BCUT2D eigenvalue weighted by Gasteiger charge is 2.30. The number of aliphatic hydroxyl groups excluding tert-OH is 2. The lowest BCUT2D eigenvalue weighted by atomic mass is 9.92. The average molecular weight is 579 g/mol. The van der Waals surface area contributed by atoms with Crippen molar-refractivity contribution in [2.24, 2.45) is 5.73 Å². The summed E-state index contributed by atoms with van der Waals surface area (Å²) in [5.41, 5.74) is 9.81. The summed E-state index contributed by atoms with van der Waals surface area (Å²) in [5.74, 6) is -2.53. The van der Waals surface area contributed by atoms with E-state index in [9.17, 15) is 34.1 Å². The number of amides is 1. The van der Waals surface area contributed by atoms with Crippen LogP contribution in [-0.4, -0.2) is 51.2 Å². The molecule has 3 rings (SSSR count). The van der Waals surface area contributed by atoms with Crippen LogP contribution in [0.3, 0.4) is 0 Å². The van der Waals surface area contributed by atoms with Crippen molar-refractivity contribution in [2.45, 2.75) is 64.7 Å². The monoisotopic (exact) mass is 578 g/mol. The molecule has 0 fully saturated rings. The predicted molar refractivity (Wildman–Crippen MR) is 156 cm³/mol. The molecule has 9 nitrogen and oxygen atoms in total. The van der Waals surface area contributed by atoms with E-state index in [0.29, 0.717) is 28.1 Å². The number of allylic oxidation sites excluding steroid dienone is 1. The Bertz CT molecular complexity index is 1430. The zero-order chi connectivity index (χ0) is 31.0. The van der Waals surface area contributed by atoms with E-state index in [0.717, 1.165) is 5.56 Å². The van der Waals surface area contributed by atoms with Crippen molar-refractivity contribution in [3.63, 3.8) is 0 Å². The third-order valence-electron chi connectivity index (χ3n) is 6.74. The van der Waals surface area contributed by atoms with Gasteiger partial charge in [0.05, 0.1) is 18.8 Å². The van der Waals surface area contributed by atoms with Gasteiger partial charge in [-0.05, 0) is 63.3 Å². The molecule has 5 N–H and O–H groups in total. The molecule has 0 saturated heterocycles. The number of hydrogen-bond donors (Lipinski definition) is 4. The predicted octanol–water partition coefficient (Wildman–Crippen LogP) is 2.89. The number of carboxylic acid groups (broad SMARTS) is 1. The summed E-state index contributed by atoms with van der Waals surface area (Å²) in [7, 11) is 0. The van der Waals surface area contributed by atoms with Crippen LogP contribution < -0.4 is 16.2 Å². The second-order valence-electron chi connectivity index (χ2n) is 10.6. The molecule has 2 aromatic carbocycles. The Morgan fingerprint density at radius 2 is 1.62 bits per heavy atom. The highest BCUT2D eigenvalue weighted by atomic mass is 19.1. The maximum Gasteiger partial charge on any atom is 0.268 e. The van der Waals surface area contributed by atoms with E-state index in [1.807, 2.05) is 48.7 Å². The van der Waals surface area contributed by atoms with Gasteiger partial charge in [-0.25, -0.2) is 4.39 Å². The molecule has 2 atom stereocenters. The number of rotatable bonds is 14. The summed E-state index contributed by atoms with van der Waals surface area (Å²) in [4.78, 5) is 36.2. The van der Waals surface area contributed by atoms with E-state index < -0.39 is 36.3 Å². The van der Waals surface area contributed by atoms with Gasteiger partial charge in [-0.3, -0.25) is 9.59 Å². The number of halogens is 1. The van der Waals surface area contributed by atoms with Crippen molar-refractivity contribution in [1.82, 2.24) is 9.88 Å². The number of carbonyl (C=O) groups is 3. The number of aromatic nitrogens is 1. The van der Waals surface area contributed by atoms with Gasteiger partial charge in [0.1, 0.15) is 11.5 Å². The Morgan fingerprint density at radius 1 is 1.00 bits per heavy atom. The molecule has 0 spiro atoms. The van der Waals surface area contributed by atoms with Crippen LogP contribution in [-0.2, 0) is 16.0 Å². The first-order valence-corrected chi connectivity index (χ1v) is 13.8. The maximum atomic E-state index is 14.0. The van der Waals surface area contributed by atoms with Crippen molar-refractivity contribution in [1.29, 1.82) is 0 Å². The zero-order valence-corrected chi connectivity index (χ0v) is 24.0. The number of nitrogens with zero attached hydrogens (tertiary/aromatic N) is 1. The summed E-state index contributed by atoms with van der Waals surface area (Å²) in [6.45, 7) is 5.12. The molecule has 1 heterocycles. The van der Waals surface area contributed by atoms with Crippen LogP contribution >= 0.6 is 0 Å². The lowest BCUT2D eigenvalue weighted by Gasteiger charge is -2.20. The molecule has 3 aromatic rings. The van der Waals surface area contributed by atoms with Crippen molar-refractivity contribution in [3.8, 4) is 22.3 Å². The van der Waals surface area contributed by atoms with Crippen molar-refractivity contribution < 1.29 is 34.1 Å². The topological polar surface area (TPSA) is 158 Å². The SMILES string of the molecule is CC(=O)/C=C(\N)CNC(=O)c1c(-c2ccccc2)c(-c2ccc(F)cc2)c(CC[C@@H](O)C[C@@H](O)CC(=O)[O-])n1C(C)C. The van der Waals surface area contributed by atoms with Gasteiger partial charge in [0.25, 0.3) is 5.91 Å². The van der Waals surface area contributed by atoms with Gasteiger partial charge in [0, 0.05) is 47.0 Å². The summed E-state index contributed by atoms with van der Waals surface area (Å²) in [6, 6.07) is 14.9. The van der Waals surface area contributed by atoms with Gasteiger partial charge in [0.15, 0.2) is 5.78 Å². The molecule has 0 saturated carbocycles. The molecular formula is C32H37FN3O6-. The highest BCUT2D eigenvalue weighted by Crippen LogP contribution is 2.42. The summed E-state index contributed by atoms with van der Waals surface area (Å²) >= 11 is 0. The first kappa shape index (κ1) is 32.2. The Hall–Kier alpha value is -4.28. The van der Waals surface area contributed by atoms with Crippen LogP contribution in [0, 0.1) is 5.82 Å². The van der Waals surface area contributed by atoms with Crippen LogP contribution in [0.2, 0.25) is 0 Å². The van der Waals surface area contributed by atoms with Crippen LogP contribution in [0.4, 0.5) is 4.39 Å². The van der Waals surface area contributed by atoms with E-state index in [4.69, 9.17) is 5.73 Å². The van der Waals surface area contributed by atoms with Crippen molar-refractivity contribution in [2.75, 3.05) is 6.54 Å². The molecule has 1 amide bonds. The number of nitrogens with two attached hydrogens (primary N) is 1. The molecule has 224 valence electrons. The summed E-state index contributed by atoms with van der Waals surface area (Å²) in [6.07, 6.45) is -1.42. The number of carboxylic acids is 1. The largest absolute Gasteiger partial charge is 0.550 e.